The highest BCUT2D eigenvalue weighted by molar-refractivity contribution is 5.58. The Morgan fingerprint density at radius 1 is 1.38 bits per heavy atom. The summed E-state index contributed by atoms with van der Waals surface area (Å²) in [6.07, 6.45) is -2.27. The van der Waals surface area contributed by atoms with E-state index in [1.165, 1.54) is 4.90 Å². The largest absolute Gasteiger partial charge is 0.497 e. The second kappa shape index (κ2) is 5.24. The van der Waals surface area contributed by atoms with Gasteiger partial charge in [0.25, 0.3) is 0 Å². The van der Waals surface area contributed by atoms with Crippen molar-refractivity contribution in [3.05, 3.63) is 36.4 Å². The fourth-order valence-electron chi connectivity index (χ4n) is 3.85. The summed E-state index contributed by atoms with van der Waals surface area (Å²) in [5.74, 6) is 1.65. The van der Waals surface area contributed by atoms with Crippen molar-refractivity contribution in [3.63, 3.8) is 0 Å². The Hall–Kier alpha value is -2.02. The molecular weight excluding hydrogens is 321 g/mol. The molecule has 0 unspecified atom stereocenters. The number of hydrogen-bond acceptors (Lipinski definition) is 4. The van der Waals surface area contributed by atoms with Gasteiger partial charge in [-0.15, -0.1) is 0 Å². The molecule has 1 saturated carbocycles. The summed E-state index contributed by atoms with van der Waals surface area (Å²) in [5.41, 5.74) is -0.896. The predicted molar refractivity (Wildman–Crippen MR) is 80.4 cm³/mol. The van der Waals surface area contributed by atoms with Gasteiger partial charge in [0.05, 0.1) is 19.9 Å². The first-order chi connectivity index (χ1) is 11.4. The molecule has 5 rings (SSSR count). The number of ether oxygens (including phenoxy) is 1. The third-order valence-corrected chi connectivity index (χ3v) is 5.10. The molecule has 2 saturated heterocycles. The van der Waals surface area contributed by atoms with Crippen LogP contribution in [0.5, 0.6) is 5.75 Å². The molecule has 0 spiro atoms. The maximum atomic E-state index is 13.4. The molecule has 3 fully saturated rings. The van der Waals surface area contributed by atoms with Crippen LogP contribution in [0.3, 0.4) is 0 Å². The summed E-state index contributed by atoms with van der Waals surface area (Å²) in [7, 11) is 1.57. The lowest BCUT2D eigenvalue weighted by Crippen LogP contribution is -2.57. The molecule has 4 nitrogen and oxygen atoms in total. The summed E-state index contributed by atoms with van der Waals surface area (Å²) in [6.45, 7) is 0.538. The third kappa shape index (κ3) is 2.30. The lowest BCUT2D eigenvalue weighted by molar-refractivity contribution is -0.239. The summed E-state index contributed by atoms with van der Waals surface area (Å²) < 4.78 is 51.0. The third-order valence-electron chi connectivity index (χ3n) is 5.10. The molecule has 3 aliphatic rings. The van der Waals surface area contributed by atoms with E-state index in [1.807, 2.05) is 18.2 Å². The monoisotopic (exact) mass is 338 g/mol. The van der Waals surface area contributed by atoms with E-state index in [9.17, 15) is 13.2 Å². The highest BCUT2D eigenvalue weighted by atomic mass is 19.4. The van der Waals surface area contributed by atoms with Crippen molar-refractivity contribution in [3.8, 4) is 17.1 Å². The Kier molecular flexibility index (Phi) is 3.38. The number of halogens is 3. The molecule has 1 aliphatic carbocycles. The topological polar surface area (TPSA) is 38.5 Å². The number of fused-ring (bicyclic) bond motifs is 1. The van der Waals surface area contributed by atoms with Gasteiger partial charge in [0.1, 0.15) is 11.3 Å². The molecule has 2 bridgehead atoms. The Bertz CT molecular complexity index is 750. The van der Waals surface area contributed by atoms with E-state index in [0.717, 1.165) is 5.56 Å². The van der Waals surface area contributed by atoms with Crippen molar-refractivity contribution in [2.45, 2.75) is 31.1 Å². The minimum Gasteiger partial charge on any atom is -0.497 e. The molecule has 0 atom stereocenters. The number of aromatic nitrogens is 1. The first-order valence-electron chi connectivity index (χ1n) is 7.82. The lowest BCUT2D eigenvalue weighted by Gasteiger charge is -2.43. The molecule has 0 N–H and O–H groups in total. The molecule has 7 heteroatoms. The van der Waals surface area contributed by atoms with Gasteiger partial charge in [0.2, 0.25) is 5.89 Å². The van der Waals surface area contributed by atoms with Crippen LogP contribution in [-0.2, 0) is 6.54 Å². The van der Waals surface area contributed by atoms with Gasteiger partial charge in [-0.2, -0.15) is 13.2 Å². The van der Waals surface area contributed by atoms with Crippen LogP contribution in [0.15, 0.2) is 34.9 Å². The van der Waals surface area contributed by atoms with Crippen LogP contribution >= 0.6 is 0 Å². The number of alkyl halides is 3. The van der Waals surface area contributed by atoms with E-state index in [0.29, 0.717) is 23.9 Å². The number of benzene rings is 1. The molecule has 1 aromatic heterocycles. The number of rotatable bonds is 4. The molecule has 0 amide bonds. The zero-order valence-electron chi connectivity index (χ0n) is 13.1. The van der Waals surface area contributed by atoms with Crippen molar-refractivity contribution in [2.24, 2.45) is 5.92 Å². The van der Waals surface area contributed by atoms with Crippen molar-refractivity contribution >= 4 is 0 Å². The van der Waals surface area contributed by atoms with E-state index in [1.54, 1.807) is 19.4 Å². The standard InChI is InChI=1S/C17H17F3N2O2/c1-23-13-4-2-3-12(5-13)14-8-21-15(24-14)10-22-9-11-6-16(22,7-11)17(18,19)20/h2-5,8,11H,6-7,9-10H2,1H3. The Labute approximate surface area is 137 Å². The molecule has 3 heterocycles. The van der Waals surface area contributed by atoms with Crippen LogP contribution in [-0.4, -0.2) is 35.3 Å². The summed E-state index contributed by atoms with van der Waals surface area (Å²) >= 11 is 0. The van der Waals surface area contributed by atoms with E-state index in [-0.39, 0.29) is 25.3 Å². The summed E-state index contributed by atoms with van der Waals surface area (Å²) in [4.78, 5) is 5.63. The van der Waals surface area contributed by atoms with E-state index in [4.69, 9.17) is 9.15 Å². The minimum atomic E-state index is -4.21. The van der Waals surface area contributed by atoms with Crippen LogP contribution < -0.4 is 4.74 Å². The van der Waals surface area contributed by atoms with Gasteiger partial charge in [-0.25, -0.2) is 4.98 Å². The number of oxazole rings is 1. The van der Waals surface area contributed by atoms with Crippen LogP contribution in [0.25, 0.3) is 11.3 Å². The molecule has 128 valence electrons. The molecule has 0 radical (unpaired) electrons. The van der Waals surface area contributed by atoms with Gasteiger partial charge in [0, 0.05) is 12.1 Å². The SMILES string of the molecule is COc1cccc(-c2cnc(CN3CC4CC3(C(F)(F)F)C4)o2)c1. The smallest absolute Gasteiger partial charge is 0.406 e. The first kappa shape index (κ1) is 15.5. The van der Waals surface area contributed by atoms with E-state index < -0.39 is 11.7 Å². The van der Waals surface area contributed by atoms with E-state index in [2.05, 4.69) is 4.98 Å². The molecule has 2 aliphatic heterocycles. The van der Waals surface area contributed by atoms with Crippen LogP contribution in [0, 0.1) is 5.92 Å². The maximum Gasteiger partial charge on any atom is 0.406 e. The average Bonchev–Trinajstić information content (AvgIpc) is 3.19. The highest BCUT2D eigenvalue weighted by Gasteiger charge is 2.69. The summed E-state index contributed by atoms with van der Waals surface area (Å²) in [6, 6.07) is 7.28. The second-order valence-corrected chi connectivity index (χ2v) is 6.53. The van der Waals surface area contributed by atoms with Gasteiger partial charge in [-0.1, -0.05) is 12.1 Å². The second-order valence-electron chi connectivity index (χ2n) is 6.53. The average molecular weight is 338 g/mol. The Morgan fingerprint density at radius 2 is 2.17 bits per heavy atom. The zero-order chi connectivity index (χ0) is 16.9. The number of hydrogen-bond donors (Lipinski definition) is 0. The normalized spacial score (nSPS) is 26.4. The Morgan fingerprint density at radius 3 is 2.88 bits per heavy atom. The van der Waals surface area contributed by atoms with Crippen molar-refractivity contribution < 1.29 is 22.3 Å². The lowest BCUT2D eigenvalue weighted by atomic mass is 9.73. The van der Waals surface area contributed by atoms with Crippen molar-refractivity contribution in [2.75, 3.05) is 13.7 Å². The number of nitrogens with zero attached hydrogens (tertiary/aromatic N) is 2. The number of methoxy groups -OCH3 is 1. The van der Waals surface area contributed by atoms with Crippen molar-refractivity contribution in [1.29, 1.82) is 0 Å². The molecule has 24 heavy (non-hydrogen) atoms. The van der Waals surface area contributed by atoms with Gasteiger partial charge in [0.15, 0.2) is 5.76 Å². The molecular formula is C17H17F3N2O2. The summed E-state index contributed by atoms with van der Waals surface area (Å²) in [5, 5.41) is 0. The minimum absolute atomic E-state index is 0.0833. The van der Waals surface area contributed by atoms with Gasteiger partial charge in [-0.05, 0) is 30.9 Å². The zero-order valence-corrected chi connectivity index (χ0v) is 13.1. The fraction of sp³-hybridized carbons (Fsp3) is 0.471. The predicted octanol–water partition coefficient (Wildman–Crippen LogP) is 3.88. The first-order valence-corrected chi connectivity index (χ1v) is 7.82. The Balaban J connectivity index is 1.54. The fourth-order valence-corrected chi connectivity index (χ4v) is 3.85. The van der Waals surface area contributed by atoms with Crippen molar-refractivity contribution in [1.82, 2.24) is 9.88 Å². The van der Waals surface area contributed by atoms with E-state index >= 15 is 0 Å². The van der Waals surface area contributed by atoms with Gasteiger partial charge >= 0.3 is 6.18 Å². The van der Waals surface area contributed by atoms with Gasteiger partial charge < -0.3 is 9.15 Å². The van der Waals surface area contributed by atoms with Crippen LogP contribution in [0.2, 0.25) is 0 Å². The molecule has 1 aromatic carbocycles. The van der Waals surface area contributed by atoms with Crippen LogP contribution in [0.4, 0.5) is 13.2 Å². The molecule has 2 aromatic rings. The van der Waals surface area contributed by atoms with Crippen LogP contribution in [0.1, 0.15) is 18.7 Å². The highest BCUT2D eigenvalue weighted by Crippen LogP contribution is 2.58. The van der Waals surface area contributed by atoms with Gasteiger partial charge in [-0.3, -0.25) is 4.90 Å². The maximum absolute atomic E-state index is 13.4. The quantitative estimate of drug-likeness (QED) is 0.848.